The second kappa shape index (κ2) is 5.27. The number of nitrogen functional groups attached to an aromatic ring is 2. The number of rotatable bonds is 3. The number of hydrogen-bond donors (Lipinski definition) is 3. The Kier molecular flexibility index (Phi) is 3.52. The standard InChI is InChI=1S/C15H14N2O2/c16-12-3-1-2-11(9-12)13-6-4-10(8-14(13)17)5-7-15(18)19/h1-9H,16-17H2,(H,18,19). The fourth-order valence-corrected chi connectivity index (χ4v) is 1.82. The summed E-state index contributed by atoms with van der Waals surface area (Å²) < 4.78 is 0. The molecule has 0 saturated heterocycles. The first-order valence-corrected chi connectivity index (χ1v) is 5.73. The van der Waals surface area contributed by atoms with Gasteiger partial charge in [-0.1, -0.05) is 24.3 Å². The number of benzene rings is 2. The number of anilines is 2. The maximum Gasteiger partial charge on any atom is 0.328 e. The normalized spacial score (nSPS) is 10.7. The van der Waals surface area contributed by atoms with Crippen molar-refractivity contribution >= 4 is 23.4 Å². The Morgan fingerprint density at radius 2 is 1.89 bits per heavy atom. The monoisotopic (exact) mass is 254 g/mol. The number of carboxylic acid groups (broad SMARTS) is 1. The van der Waals surface area contributed by atoms with E-state index in [0.717, 1.165) is 22.8 Å². The average molecular weight is 254 g/mol. The van der Waals surface area contributed by atoms with Gasteiger partial charge in [0.15, 0.2) is 0 Å². The SMILES string of the molecule is Nc1cccc(-c2ccc(C=CC(=O)O)cc2N)c1. The smallest absolute Gasteiger partial charge is 0.328 e. The van der Waals surface area contributed by atoms with Crippen LogP contribution in [0.3, 0.4) is 0 Å². The van der Waals surface area contributed by atoms with Crippen molar-refractivity contribution in [3.8, 4) is 11.1 Å². The van der Waals surface area contributed by atoms with Gasteiger partial charge in [0.25, 0.3) is 0 Å². The maximum atomic E-state index is 10.5. The van der Waals surface area contributed by atoms with Crippen LogP contribution in [0.2, 0.25) is 0 Å². The van der Waals surface area contributed by atoms with E-state index in [1.165, 1.54) is 6.08 Å². The van der Waals surface area contributed by atoms with E-state index in [2.05, 4.69) is 0 Å². The van der Waals surface area contributed by atoms with Crippen molar-refractivity contribution in [2.24, 2.45) is 0 Å². The summed E-state index contributed by atoms with van der Waals surface area (Å²) in [5.41, 5.74) is 15.5. The summed E-state index contributed by atoms with van der Waals surface area (Å²) in [6.07, 6.45) is 2.58. The highest BCUT2D eigenvalue weighted by molar-refractivity contribution is 5.86. The quantitative estimate of drug-likeness (QED) is 0.580. The molecule has 0 fully saturated rings. The van der Waals surface area contributed by atoms with Crippen molar-refractivity contribution in [1.82, 2.24) is 0 Å². The molecule has 0 atom stereocenters. The van der Waals surface area contributed by atoms with E-state index in [4.69, 9.17) is 16.6 Å². The molecule has 0 aliphatic carbocycles. The molecule has 0 radical (unpaired) electrons. The van der Waals surface area contributed by atoms with E-state index in [0.29, 0.717) is 11.4 Å². The lowest BCUT2D eigenvalue weighted by Crippen LogP contribution is -1.92. The lowest BCUT2D eigenvalue weighted by molar-refractivity contribution is -0.131. The third kappa shape index (κ3) is 3.13. The van der Waals surface area contributed by atoms with Crippen molar-refractivity contribution in [2.45, 2.75) is 0 Å². The van der Waals surface area contributed by atoms with Gasteiger partial charge in [0.1, 0.15) is 0 Å². The molecule has 0 aromatic heterocycles. The lowest BCUT2D eigenvalue weighted by atomic mass is 10.0. The lowest BCUT2D eigenvalue weighted by Gasteiger charge is -2.07. The molecule has 2 rings (SSSR count). The zero-order valence-electron chi connectivity index (χ0n) is 10.2. The molecule has 4 nitrogen and oxygen atoms in total. The van der Waals surface area contributed by atoms with Crippen LogP contribution in [0.5, 0.6) is 0 Å². The Balaban J connectivity index is 2.37. The van der Waals surface area contributed by atoms with E-state index < -0.39 is 5.97 Å². The Hall–Kier alpha value is -2.75. The Bertz CT molecular complexity index is 648. The third-order valence-corrected chi connectivity index (χ3v) is 2.69. The molecule has 2 aromatic rings. The van der Waals surface area contributed by atoms with Gasteiger partial charge in [0.2, 0.25) is 0 Å². The molecule has 0 aliphatic rings. The highest BCUT2D eigenvalue weighted by atomic mass is 16.4. The molecule has 0 bridgehead atoms. The Labute approximate surface area is 111 Å². The number of carbonyl (C=O) groups is 1. The highest BCUT2D eigenvalue weighted by Gasteiger charge is 2.03. The van der Waals surface area contributed by atoms with Gasteiger partial charge in [0.05, 0.1) is 0 Å². The van der Waals surface area contributed by atoms with Crippen LogP contribution in [0.1, 0.15) is 5.56 Å². The van der Waals surface area contributed by atoms with Gasteiger partial charge in [-0.3, -0.25) is 0 Å². The van der Waals surface area contributed by atoms with Gasteiger partial charge in [-0.05, 0) is 35.4 Å². The van der Waals surface area contributed by atoms with Crippen LogP contribution in [0.15, 0.2) is 48.5 Å². The molecule has 5 N–H and O–H groups in total. The second-order valence-electron chi connectivity index (χ2n) is 4.14. The van der Waals surface area contributed by atoms with Crippen molar-refractivity contribution in [3.63, 3.8) is 0 Å². The van der Waals surface area contributed by atoms with Crippen LogP contribution in [0.25, 0.3) is 17.2 Å². The van der Waals surface area contributed by atoms with Crippen molar-refractivity contribution in [1.29, 1.82) is 0 Å². The van der Waals surface area contributed by atoms with Crippen LogP contribution in [-0.2, 0) is 4.79 Å². The third-order valence-electron chi connectivity index (χ3n) is 2.69. The largest absolute Gasteiger partial charge is 0.478 e. The van der Waals surface area contributed by atoms with Crippen molar-refractivity contribution in [2.75, 3.05) is 11.5 Å². The Morgan fingerprint density at radius 3 is 2.53 bits per heavy atom. The van der Waals surface area contributed by atoms with Gasteiger partial charge in [0, 0.05) is 23.0 Å². The minimum absolute atomic E-state index is 0.582. The number of hydrogen-bond acceptors (Lipinski definition) is 3. The fraction of sp³-hybridized carbons (Fsp3) is 0. The second-order valence-corrected chi connectivity index (χ2v) is 4.14. The molecule has 96 valence electrons. The highest BCUT2D eigenvalue weighted by Crippen LogP contribution is 2.28. The predicted octanol–water partition coefficient (Wildman–Crippen LogP) is 2.62. The van der Waals surface area contributed by atoms with Crippen LogP contribution < -0.4 is 11.5 Å². The minimum atomic E-state index is -0.988. The summed E-state index contributed by atoms with van der Waals surface area (Å²) in [6, 6.07) is 12.8. The van der Waals surface area contributed by atoms with Gasteiger partial charge in [-0.2, -0.15) is 0 Å². The molecule has 0 spiro atoms. The van der Waals surface area contributed by atoms with E-state index in [1.807, 2.05) is 36.4 Å². The molecule has 0 aliphatic heterocycles. The summed E-state index contributed by atoms with van der Waals surface area (Å²) in [5.74, 6) is -0.988. The van der Waals surface area contributed by atoms with Gasteiger partial charge in [-0.25, -0.2) is 4.79 Å². The van der Waals surface area contributed by atoms with E-state index in [-0.39, 0.29) is 0 Å². The summed E-state index contributed by atoms with van der Waals surface area (Å²) in [6.45, 7) is 0. The molecular weight excluding hydrogens is 240 g/mol. The van der Waals surface area contributed by atoms with E-state index >= 15 is 0 Å². The zero-order valence-corrected chi connectivity index (χ0v) is 10.2. The minimum Gasteiger partial charge on any atom is -0.478 e. The number of nitrogens with two attached hydrogens (primary N) is 2. The first kappa shape index (κ1) is 12.7. The zero-order chi connectivity index (χ0) is 13.8. The first-order valence-electron chi connectivity index (χ1n) is 5.73. The fourth-order valence-electron chi connectivity index (χ4n) is 1.82. The molecule has 0 unspecified atom stereocenters. The first-order chi connectivity index (χ1) is 9.06. The van der Waals surface area contributed by atoms with Gasteiger partial charge < -0.3 is 16.6 Å². The summed E-state index contributed by atoms with van der Waals surface area (Å²) >= 11 is 0. The Morgan fingerprint density at radius 1 is 1.11 bits per heavy atom. The predicted molar refractivity (Wildman–Crippen MR) is 77.4 cm³/mol. The molecule has 19 heavy (non-hydrogen) atoms. The van der Waals surface area contributed by atoms with E-state index in [9.17, 15) is 4.79 Å². The van der Waals surface area contributed by atoms with Crippen molar-refractivity contribution < 1.29 is 9.90 Å². The van der Waals surface area contributed by atoms with Crippen LogP contribution in [-0.4, -0.2) is 11.1 Å². The summed E-state index contributed by atoms with van der Waals surface area (Å²) in [4.78, 5) is 10.5. The average Bonchev–Trinajstić information content (AvgIpc) is 2.36. The topological polar surface area (TPSA) is 89.3 Å². The molecule has 0 amide bonds. The number of aliphatic carboxylic acids is 1. The maximum absolute atomic E-state index is 10.5. The van der Waals surface area contributed by atoms with E-state index in [1.54, 1.807) is 6.07 Å². The summed E-state index contributed by atoms with van der Waals surface area (Å²) in [7, 11) is 0. The van der Waals surface area contributed by atoms with Crippen LogP contribution in [0.4, 0.5) is 11.4 Å². The summed E-state index contributed by atoms with van der Waals surface area (Å²) in [5, 5.41) is 8.58. The van der Waals surface area contributed by atoms with Crippen molar-refractivity contribution in [3.05, 3.63) is 54.1 Å². The van der Waals surface area contributed by atoms with Gasteiger partial charge in [-0.15, -0.1) is 0 Å². The van der Waals surface area contributed by atoms with Crippen LogP contribution >= 0.6 is 0 Å². The molecule has 0 heterocycles. The number of carboxylic acids is 1. The molecule has 2 aromatic carbocycles. The van der Waals surface area contributed by atoms with Crippen LogP contribution in [0, 0.1) is 0 Å². The van der Waals surface area contributed by atoms with Gasteiger partial charge >= 0.3 is 5.97 Å². The molecular formula is C15H14N2O2. The molecule has 0 saturated carbocycles. The molecule has 4 heteroatoms.